The van der Waals surface area contributed by atoms with Crippen LogP contribution in [0, 0.1) is 0 Å². The number of hydrogen-bond acceptors (Lipinski definition) is 6. The first-order chi connectivity index (χ1) is 9.86. The maximum atomic E-state index is 8.94. The molecule has 3 heterocycles. The lowest BCUT2D eigenvalue weighted by atomic mass is 10.1. The molecule has 20 heavy (non-hydrogen) atoms. The Morgan fingerprint density at radius 1 is 1.45 bits per heavy atom. The summed E-state index contributed by atoms with van der Waals surface area (Å²) in [4.78, 5) is 6.78. The van der Waals surface area contributed by atoms with E-state index in [9.17, 15) is 0 Å². The normalized spacial score (nSPS) is 19.8. The fourth-order valence-corrected chi connectivity index (χ4v) is 2.76. The van der Waals surface area contributed by atoms with Crippen molar-refractivity contribution in [2.75, 3.05) is 13.2 Å². The Kier molecular flexibility index (Phi) is 4.13. The molecule has 3 rings (SSSR count). The van der Waals surface area contributed by atoms with Crippen LogP contribution in [0.2, 0.25) is 0 Å². The molecular weight excluding hydrogens is 258 g/mol. The van der Waals surface area contributed by atoms with Crippen LogP contribution in [-0.2, 0) is 6.54 Å². The third-order valence-electron chi connectivity index (χ3n) is 3.78. The minimum absolute atomic E-state index is 0.261. The van der Waals surface area contributed by atoms with E-state index in [0.29, 0.717) is 24.3 Å². The van der Waals surface area contributed by atoms with Crippen molar-refractivity contribution in [1.29, 1.82) is 0 Å². The quantitative estimate of drug-likeness (QED) is 0.871. The zero-order valence-corrected chi connectivity index (χ0v) is 11.4. The summed E-state index contributed by atoms with van der Waals surface area (Å²) in [6, 6.07) is 2.33. The van der Waals surface area contributed by atoms with Gasteiger partial charge < -0.3 is 14.0 Å². The molecule has 1 fully saturated rings. The number of aliphatic hydroxyl groups is 1. The Morgan fingerprint density at radius 2 is 2.40 bits per heavy atom. The first-order valence-electron chi connectivity index (χ1n) is 7.07. The van der Waals surface area contributed by atoms with Crippen LogP contribution in [0.5, 0.6) is 0 Å². The number of hydrogen-bond donors (Lipinski definition) is 1. The Labute approximate surface area is 117 Å². The van der Waals surface area contributed by atoms with Gasteiger partial charge in [-0.05, 0) is 38.3 Å². The molecule has 2 aromatic rings. The van der Waals surface area contributed by atoms with Crippen molar-refractivity contribution in [3.05, 3.63) is 24.4 Å². The van der Waals surface area contributed by atoms with E-state index in [2.05, 4.69) is 15.0 Å². The highest BCUT2D eigenvalue weighted by atomic mass is 16.5. The van der Waals surface area contributed by atoms with Gasteiger partial charge in [0, 0.05) is 12.6 Å². The lowest BCUT2D eigenvalue weighted by Crippen LogP contribution is -2.29. The molecule has 0 aromatic carbocycles. The molecule has 1 N–H and O–H groups in total. The Bertz CT molecular complexity index is 524. The predicted octanol–water partition coefficient (Wildman–Crippen LogP) is 2.07. The first-order valence-corrected chi connectivity index (χ1v) is 7.07. The standard InChI is InChI=1S/C14H19N3O3/c18-7-2-4-12-3-1-6-17(12)9-13-15-14(20-16-13)11-5-8-19-10-11/h5,8,10,12,18H,1-4,6-7,9H2. The molecule has 6 heteroatoms. The van der Waals surface area contributed by atoms with Gasteiger partial charge in [-0.2, -0.15) is 4.98 Å². The summed E-state index contributed by atoms with van der Waals surface area (Å²) in [5, 5.41) is 13.0. The number of furan rings is 1. The molecule has 0 saturated carbocycles. The molecule has 1 aliphatic heterocycles. The maximum Gasteiger partial charge on any atom is 0.261 e. The Balaban J connectivity index is 1.62. The second-order valence-electron chi connectivity index (χ2n) is 5.16. The SMILES string of the molecule is OCCCC1CCCN1Cc1noc(-c2ccoc2)n1. The lowest BCUT2D eigenvalue weighted by molar-refractivity contribution is 0.204. The number of rotatable bonds is 6. The van der Waals surface area contributed by atoms with Gasteiger partial charge in [-0.1, -0.05) is 5.16 Å². The molecule has 0 radical (unpaired) electrons. The lowest BCUT2D eigenvalue weighted by Gasteiger charge is -2.22. The monoisotopic (exact) mass is 277 g/mol. The highest BCUT2D eigenvalue weighted by Crippen LogP contribution is 2.24. The summed E-state index contributed by atoms with van der Waals surface area (Å²) in [5.74, 6) is 1.21. The second kappa shape index (κ2) is 6.19. The van der Waals surface area contributed by atoms with E-state index < -0.39 is 0 Å². The molecule has 2 aromatic heterocycles. The highest BCUT2D eigenvalue weighted by Gasteiger charge is 2.25. The number of likely N-dealkylation sites (tertiary alicyclic amines) is 1. The summed E-state index contributed by atoms with van der Waals surface area (Å²) in [7, 11) is 0. The third-order valence-corrected chi connectivity index (χ3v) is 3.78. The minimum atomic E-state index is 0.261. The van der Waals surface area contributed by atoms with Crippen LogP contribution >= 0.6 is 0 Å². The fourth-order valence-electron chi connectivity index (χ4n) is 2.76. The van der Waals surface area contributed by atoms with Crippen LogP contribution in [-0.4, -0.2) is 39.3 Å². The predicted molar refractivity (Wildman–Crippen MR) is 71.8 cm³/mol. The van der Waals surface area contributed by atoms with E-state index in [4.69, 9.17) is 14.0 Å². The Morgan fingerprint density at radius 3 is 3.20 bits per heavy atom. The molecule has 0 aliphatic carbocycles. The summed E-state index contributed by atoms with van der Waals surface area (Å²) in [5.41, 5.74) is 0.807. The third kappa shape index (κ3) is 2.91. The van der Waals surface area contributed by atoms with Crippen LogP contribution < -0.4 is 0 Å². The van der Waals surface area contributed by atoms with Crippen LogP contribution in [0.25, 0.3) is 11.5 Å². The van der Waals surface area contributed by atoms with E-state index in [1.54, 1.807) is 18.6 Å². The van der Waals surface area contributed by atoms with Crippen LogP contribution in [0.15, 0.2) is 27.5 Å². The largest absolute Gasteiger partial charge is 0.472 e. The molecule has 1 atom stereocenters. The van der Waals surface area contributed by atoms with Gasteiger partial charge in [0.2, 0.25) is 0 Å². The molecule has 6 nitrogen and oxygen atoms in total. The van der Waals surface area contributed by atoms with Gasteiger partial charge >= 0.3 is 0 Å². The van der Waals surface area contributed by atoms with Crippen molar-refractivity contribution in [2.24, 2.45) is 0 Å². The maximum absolute atomic E-state index is 8.94. The first kappa shape index (κ1) is 13.3. The van der Waals surface area contributed by atoms with Gasteiger partial charge in [-0.3, -0.25) is 4.90 Å². The van der Waals surface area contributed by atoms with E-state index in [0.717, 1.165) is 24.9 Å². The van der Waals surface area contributed by atoms with Crippen molar-refractivity contribution in [1.82, 2.24) is 15.0 Å². The van der Waals surface area contributed by atoms with Gasteiger partial charge in [0.05, 0.1) is 18.4 Å². The van der Waals surface area contributed by atoms with E-state index >= 15 is 0 Å². The van der Waals surface area contributed by atoms with Gasteiger partial charge in [0.1, 0.15) is 6.26 Å². The second-order valence-corrected chi connectivity index (χ2v) is 5.16. The van der Waals surface area contributed by atoms with E-state index in [-0.39, 0.29) is 6.61 Å². The topological polar surface area (TPSA) is 75.5 Å². The van der Waals surface area contributed by atoms with Crippen LogP contribution in [0.4, 0.5) is 0 Å². The van der Waals surface area contributed by atoms with Crippen molar-refractivity contribution in [3.8, 4) is 11.5 Å². The van der Waals surface area contributed by atoms with Crippen molar-refractivity contribution in [3.63, 3.8) is 0 Å². The molecule has 1 unspecified atom stereocenters. The smallest absolute Gasteiger partial charge is 0.261 e. The number of aliphatic hydroxyl groups excluding tert-OH is 1. The van der Waals surface area contributed by atoms with Crippen molar-refractivity contribution >= 4 is 0 Å². The molecular formula is C14H19N3O3. The van der Waals surface area contributed by atoms with Gasteiger partial charge in [-0.25, -0.2) is 0 Å². The molecule has 1 saturated heterocycles. The zero-order chi connectivity index (χ0) is 13.8. The highest BCUT2D eigenvalue weighted by molar-refractivity contribution is 5.49. The van der Waals surface area contributed by atoms with E-state index in [1.807, 2.05) is 0 Å². The average molecular weight is 277 g/mol. The minimum Gasteiger partial charge on any atom is -0.472 e. The molecule has 1 aliphatic rings. The molecule has 108 valence electrons. The van der Waals surface area contributed by atoms with Crippen molar-refractivity contribution < 1.29 is 14.0 Å². The fraction of sp³-hybridized carbons (Fsp3) is 0.571. The van der Waals surface area contributed by atoms with Crippen LogP contribution in [0.1, 0.15) is 31.5 Å². The summed E-state index contributed by atoms with van der Waals surface area (Å²) < 4.78 is 10.3. The molecule has 0 spiro atoms. The van der Waals surface area contributed by atoms with Gasteiger partial charge in [0.15, 0.2) is 5.82 Å². The van der Waals surface area contributed by atoms with E-state index in [1.165, 1.54) is 12.8 Å². The van der Waals surface area contributed by atoms with Crippen molar-refractivity contribution in [2.45, 2.75) is 38.3 Å². The number of aromatic nitrogens is 2. The number of nitrogens with zero attached hydrogens (tertiary/aromatic N) is 3. The summed E-state index contributed by atoms with van der Waals surface area (Å²) >= 11 is 0. The van der Waals surface area contributed by atoms with Gasteiger partial charge in [-0.15, -0.1) is 0 Å². The van der Waals surface area contributed by atoms with Crippen LogP contribution in [0.3, 0.4) is 0 Å². The van der Waals surface area contributed by atoms with Gasteiger partial charge in [0.25, 0.3) is 5.89 Å². The molecule has 0 amide bonds. The average Bonchev–Trinajstić information content (AvgIpc) is 3.18. The molecule has 0 bridgehead atoms. The summed E-state index contributed by atoms with van der Waals surface area (Å²) in [6.45, 7) is 2.03. The summed E-state index contributed by atoms with van der Waals surface area (Å²) in [6.07, 6.45) is 7.45. The Hall–Kier alpha value is -1.66. The zero-order valence-electron chi connectivity index (χ0n) is 11.4.